The van der Waals surface area contributed by atoms with Gasteiger partial charge in [0.05, 0.1) is 12.0 Å². The molecule has 1 aliphatic carbocycles. The summed E-state index contributed by atoms with van der Waals surface area (Å²) in [6.45, 7) is 0.817. The summed E-state index contributed by atoms with van der Waals surface area (Å²) in [4.78, 5) is 15.9. The van der Waals surface area contributed by atoms with Crippen LogP contribution in [-0.4, -0.2) is 28.2 Å². The molecular weight excluding hydrogens is 230 g/mol. The molecule has 2 N–H and O–H groups in total. The van der Waals surface area contributed by atoms with E-state index < -0.39 is 0 Å². The molecule has 1 heterocycles. The number of imidazole rings is 1. The van der Waals surface area contributed by atoms with Crippen molar-refractivity contribution in [1.82, 2.24) is 9.55 Å². The third-order valence-electron chi connectivity index (χ3n) is 3.25. The van der Waals surface area contributed by atoms with Gasteiger partial charge in [-0.15, -0.1) is 0 Å². The van der Waals surface area contributed by atoms with Crippen LogP contribution in [0.2, 0.25) is 0 Å². The van der Waals surface area contributed by atoms with Crippen LogP contribution in [0, 0.1) is 0 Å². The van der Waals surface area contributed by atoms with Crippen LogP contribution in [0.3, 0.4) is 0 Å². The molecule has 0 aromatic carbocycles. The van der Waals surface area contributed by atoms with Crippen molar-refractivity contribution in [3.63, 3.8) is 0 Å². The number of rotatable bonds is 5. The van der Waals surface area contributed by atoms with Crippen molar-refractivity contribution >= 4 is 5.97 Å². The highest BCUT2D eigenvalue weighted by atomic mass is 16.5. The molecule has 5 heteroatoms. The second-order valence-electron chi connectivity index (χ2n) is 4.83. The van der Waals surface area contributed by atoms with E-state index in [9.17, 15) is 4.79 Å². The third-order valence-corrected chi connectivity index (χ3v) is 3.25. The zero-order chi connectivity index (χ0) is 12.8. The minimum atomic E-state index is -0.168. The number of esters is 1. The first kappa shape index (κ1) is 13.1. The highest BCUT2D eigenvalue weighted by molar-refractivity contribution is 5.69. The molecule has 0 unspecified atom stereocenters. The number of carbonyl (C=O) groups is 1. The van der Waals surface area contributed by atoms with Crippen molar-refractivity contribution in [2.75, 3.05) is 6.54 Å². The van der Waals surface area contributed by atoms with Crippen molar-refractivity contribution in [3.05, 3.63) is 18.2 Å². The van der Waals surface area contributed by atoms with E-state index in [0.717, 1.165) is 25.0 Å². The summed E-state index contributed by atoms with van der Waals surface area (Å²) in [5, 5.41) is 0. The van der Waals surface area contributed by atoms with Gasteiger partial charge in [-0.2, -0.15) is 0 Å². The number of nitrogens with two attached hydrogens (primary N) is 1. The number of ether oxygens (including phenoxy) is 1. The standard InChI is InChI=1S/C13H21N3O2/c14-7-6-11-8-16(10-15-11)9-13(17)18-12-4-2-1-3-5-12/h8,10,12H,1-7,9,14H2. The fourth-order valence-corrected chi connectivity index (χ4v) is 2.33. The van der Waals surface area contributed by atoms with Gasteiger partial charge in [0.15, 0.2) is 0 Å². The Morgan fingerprint density at radius 2 is 2.22 bits per heavy atom. The first-order chi connectivity index (χ1) is 8.78. The highest BCUT2D eigenvalue weighted by Gasteiger charge is 2.17. The first-order valence-corrected chi connectivity index (χ1v) is 6.68. The zero-order valence-electron chi connectivity index (χ0n) is 10.7. The number of carbonyl (C=O) groups excluding carboxylic acids is 1. The van der Waals surface area contributed by atoms with Crippen molar-refractivity contribution < 1.29 is 9.53 Å². The maximum absolute atomic E-state index is 11.8. The van der Waals surface area contributed by atoms with E-state index in [2.05, 4.69) is 4.98 Å². The zero-order valence-corrected chi connectivity index (χ0v) is 10.7. The molecule has 2 rings (SSSR count). The number of hydrogen-bond acceptors (Lipinski definition) is 4. The molecule has 100 valence electrons. The van der Waals surface area contributed by atoms with Crippen LogP contribution in [0.4, 0.5) is 0 Å². The summed E-state index contributed by atoms with van der Waals surface area (Å²) in [6.07, 6.45) is 10.00. The van der Waals surface area contributed by atoms with Crippen LogP contribution < -0.4 is 5.73 Å². The second kappa shape index (κ2) is 6.54. The van der Waals surface area contributed by atoms with Gasteiger partial charge in [0.25, 0.3) is 0 Å². The van der Waals surface area contributed by atoms with Gasteiger partial charge in [-0.3, -0.25) is 4.79 Å². The average Bonchev–Trinajstić information content (AvgIpc) is 2.78. The van der Waals surface area contributed by atoms with Gasteiger partial charge >= 0.3 is 5.97 Å². The highest BCUT2D eigenvalue weighted by Crippen LogP contribution is 2.20. The van der Waals surface area contributed by atoms with Gasteiger partial charge in [0.2, 0.25) is 0 Å². The minimum Gasteiger partial charge on any atom is -0.461 e. The molecule has 0 aliphatic heterocycles. The molecule has 1 aliphatic rings. The fourth-order valence-electron chi connectivity index (χ4n) is 2.33. The Hall–Kier alpha value is -1.36. The van der Waals surface area contributed by atoms with Crippen LogP contribution in [0.25, 0.3) is 0 Å². The van der Waals surface area contributed by atoms with Crippen LogP contribution >= 0.6 is 0 Å². The molecule has 18 heavy (non-hydrogen) atoms. The van der Waals surface area contributed by atoms with Gasteiger partial charge in [0, 0.05) is 12.6 Å². The molecule has 0 spiro atoms. The number of hydrogen-bond donors (Lipinski definition) is 1. The molecule has 1 aromatic heterocycles. The lowest BCUT2D eigenvalue weighted by atomic mass is 9.98. The largest absolute Gasteiger partial charge is 0.461 e. The molecule has 1 fully saturated rings. The van der Waals surface area contributed by atoms with Crippen molar-refractivity contribution in [1.29, 1.82) is 0 Å². The maximum Gasteiger partial charge on any atom is 0.326 e. The first-order valence-electron chi connectivity index (χ1n) is 6.68. The summed E-state index contributed by atoms with van der Waals surface area (Å²) >= 11 is 0. The SMILES string of the molecule is NCCc1cn(CC(=O)OC2CCCCC2)cn1. The van der Waals surface area contributed by atoms with Gasteiger partial charge in [-0.1, -0.05) is 6.42 Å². The van der Waals surface area contributed by atoms with Gasteiger partial charge in [-0.25, -0.2) is 4.98 Å². The topological polar surface area (TPSA) is 70.1 Å². The van der Waals surface area contributed by atoms with E-state index in [1.807, 2.05) is 6.20 Å². The molecule has 0 atom stereocenters. The third kappa shape index (κ3) is 3.84. The van der Waals surface area contributed by atoms with E-state index in [1.165, 1.54) is 19.3 Å². The van der Waals surface area contributed by atoms with Crippen LogP contribution in [0.15, 0.2) is 12.5 Å². The summed E-state index contributed by atoms with van der Waals surface area (Å²) in [5.74, 6) is -0.168. The van der Waals surface area contributed by atoms with Crippen molar-refractivity contribution in [3.8, 4) is 0 Å². The normalized spacial score (nSPS) is 16.7. The molecule has 5 nitrogen and oxygen atoms in total. The minimum absolute atomic E-state index is 0.123. The molecule has 0 bridgehead atoms. The van der Waals surface area contributed by atoms with E-state index in [0.29, 0.717) is 6.54 Å². The molecule has 1 saturated carbocycles. The monoisotopic (exact) mass is 251 g/mol. The lowest BCUT2D eigenvalue weighted by Gasteiger charge is -2.21. The molecule has 0 amide bonds. The van der Waals surface area contributed by atoms with E-state index in [-0.39, 0.29) is 18.6 Å². The second-order valence-corrected chi connectivity index (χ2v) is 4.83. The smallest absolute Gasteiger partial charge is 0.326 e. The predicted molar refractivity (Wildman–Crippen MR) is 68.0 cm³/mol. The quantitative estimate of drug-likeness (QED) is 0.800. The van der Waals surface area contributed by atoms with Gasteiger partial charge in [-0.05, 0) is 32.2 Å². The number of aromatic nitrogens is 2. The summed E-state index contributed by atoms with van der Waals surface area (Å²) < 4.78 is 7.21. The van der Waals surface area contributed by atoms with Gasteiger partial charge < -0.3 is 15.0 Å². The Kier molecular flexibility index (Phi) is 4.75. The summed E-state index contributed by atoms with van der Waals surface area (Å²) in [5.41, 5.74) is 6.37. The molecule has 1 aromatic rings. The van der Waals surface area contributed by atoms with Crippen LogP contribution in [0.5, 0.6) is 0 Å². The molecular formula is C13H21N3O2. The maximum atomic E-state index is 11.8. The van der Waals surface area contributed by atoms with E-state index in [4.69, 9.17) is 10.5 Å². The Morgan fingerprint density at radius 3 is 2.94 bits per heavy atom. The lowest BCUT2D eigenvalue weighted by Crippen LogP contribution is -2.23. The van der Waals surface area contributed by atoms with Crippen LogP contribution in [0.1, 0.15) is 37.8 Å². The van der Waals surface area contributed by atoms with Crippen molar-refractivity contribution in [2.24, 2.45) is 5.73 Å². The van der Waals surface area contributed by atoms with E-state index >= 15 is 0 Å². The predicted octanol–water partition coefficient (Wildman–Crippen LogP) is 1.26. The molecule has 0 radical (unpaired) electrons. The number of nitrogens with zero attached hydrogens (tertiary/aromatic N) is 2. The van der Waals surface area contributed by atoms with Crippen molar-refractivity contribution in [2.45, 2.75) is 51.2 Å². The average molecular weight is 251 g/mol. The Labute approximate surface area is 107 Å². The van der Waals surface area contributed by atoms with Gasteiger partial charge in [0.1, 0.15) is 12.6 Å². The fraction of sp³-hybridized carbons (Fsp3) is 0.692. The Bertz CT molecular complexity index is 383. The molecule has 0 saturated heterocycles. The van der Waals surface area contributed by atoms with E-state index in [1.54, 1.807) is 10.9 Å². The summed E-state index contributed by atoms with van der Waals surface area (Å²) in [6, 6.07) is 0. The van der Waals surface area contributed by atoms with Crippen LogP contribution in [-0.2, 0) is 22.5 Å². The summed E-state index contributed by atoms with van der Waals surface area (Å²) in [7, 11) is 0. The lowest BCUT2D eigenvalue weighted by molar-refractivity contribution is -0.151. The Balaban J connectivity index is 1.78. The Morgan fingerprint density at radius 1 is 1.44 bits per heavy atom.